The molecule has 1 fully saturated rings. The lowest BCUT2D eigenvalue weighted by atomic mass is 9.96. The van der Waals surface area contributed by atoms with E-state index < -0.39 is 0 Å². The second kappa shape index (κ2) is 6.56. The van der Waals surface area contributed by atoms with Gasteiger partial charge in [-0.25, -0.2) is 4.98 Å². The number of primary amides is 1. The highest BCUT2D eigenvalue weighted by molar-refractivity contribution is 5.95. The number of carbonyl (C=O) groups is 2. The number of pyridine rings is 1. The topological polar surface area (TPSA) is 88.3 Å². The van der Waals surface area contributed by atoms with Gasteiger partial charge in [0.15, 0.2) is 0 Å². The summed E-state index contributed by atoms with van der Waals surface area (Å²) in [6.07, 6.45) is 2.92. The van der Waals surface area contributed by atoms with E-state index in [1.54, 1.807) is 23.2 Å². The molecule has 0 atom stereocenters. The van der Waals surface area contributed by atoms with Gasteiger partial charge in [0.05, 0.1) is 0 Å². The third-order valence-electron chi connectivity index (χ3n) is 3.63. The first kappa shape index (κ1) is 15.3. The molecule has 2 amide bonds. The molecule has 1 aromatic rings. The van der Waals surface area contributed by atoms with Crippen molar-refractivity contribution in [2.24, 2.45) is 11.7 Å². The summed E-state index contributed by atoms with van der Waals surface area (Å²) in [5, 5.41) is 3.18. The van der Waals surface area contributed by atoms with Gasteiger partial charge in [-0.2, -0.15) is 0 Å². The molecule has 21 heavy (non-hydrogen) atoms. The molecule has 0 saturated carbocycles. The summed E-state index contributed by atoms with van der Waals surface area (Å²) in [7, 11) is 0. The van der Waals surface area contributed by atoms with Crippen LogP contribution in [0.15, 0.2) is 18.3 Å². The second-order valence-electron chi connectivity index (χ2n) is 5.70. The van der Waals surface area contributed by atoms with Gasteiger partial charge < -0.3 is 16.0 Å². The minimum absolute atomic E-state index is 0.0212. The molecular formula is C15H22N4O2. The summed E-state index contributed by atoms with van der Waals surface area (Å²) in [5.41, 5.74) is 5.92. The second-order valence-corrected chi connectivity index (χ2v) is 5.70. The number of amides is 2. The van der Waals surface area contributed by atoms with Crippen LogP contribution in [0.4, 0.5) is 5.82 Å². The quantitative estimate of drug-likeness (QED) is 0.873. The van der Waals surface area contributed by atoms with E-state index in [-0.39, 0.29) is 23.8 Å². The van der Waals surface area contributed by atoms with Crippen LogP contribution in [0.3, 0.4) is 0 Å². The van der Waals surface area contributed by atoms with Gasteiger partial charge in [-0.15, -0.1) is 0 Å². The number of likely N-dealkylation sites (tertiary alicyclic amines) is 1. The van der Waals surface area contributed by atoms with Crippen molar-refractivity contribution < 1.29 is 9.59 Å². The third kappa shape index (κ3) is 3.93. The minimum Gasteiger partial charge on any atom is -0.369 e. The fraction of sp³-hybridized carbons (Fsp3) is 0.533. The normalized spacial score (nSPS) is 16.0. The summed E-state index contributed by atoms with van der Waals surface area (Å²) in [5.74, 6) is 0.300. The predicted octanol–water partition coefficient (Wildman–Crippen LogP) is 1.24. The Morgan fingerprint density at radius 2 is 2.05 bits per heavy atom. The lowest BCUT2D eigenvalue weighted by Gasteiger charge is -2.30. The average Bonchev–Trinajstić information content (AvgIpc) is 2.46. The molecule has 114 valence electrons. The van der Waals surface area contributed by atoms with Crippen molar-refractivity contribution in [1.82, 2.24) is 9.88 Å². The zero-order chi connectivity index (χ0) is 15.4. The fourth-order valence-electron chi connectivity index (χ4n) is 2.49. The van der Waals surface area contributed by atoms with Crippen molar-refractivity contribution in [2.75, 3.05) is 18.4 Å². The van der Waals surface area contributed by atoms with Crippen LogP contribution in [0.2, 0.25) is 0 Å². The van der Waals surface area contributed by atoms with Crippen molar-refractivity contribution in [3.8, 4) is 0 Å². The molecule has 0 aliphatic carbocycles. The van der Waals surface area contributed by atoms with Gasteiger partial charge in [0, 0.05) is 36.8 Å². The predicted molar refractivity (Wildman–Crippen MR) is 80.8 cm³/mol. The number of hydrogen-bond acceptors (Lipinski definition) is 4. The SMILES string of the molecule is CC(C)Nc1cc(C(=O)N2CCC(C(N)=O)CC2)ccn1. The first-order valence-electron chi connectivity index (χ1n) is 7.28. The first-order chi connectivity index (χ1) is 9.97. The summed E-state index contributed by atoms with van der Waals surface area (Å²) >= 11 is 0. The van der Waals surface area contributed by atoms with Crippen LogP contribution >= 0.6 is 0 Å². The maximum absolute atomic E-state index is 12.5. The molecule has 1 saturated heterocycles. The van der Waals surface area contributed by atoms with Gasteiger partial charge >= 0.3 is 0 Å². The van der Waals surface area contributed by atoms with E-state index in [1.807, 2.05) is 13.8 Å². The summed E-state index contributed by atoms with van der Waals surface area (Å²) < 4.78 is 0. The smallest absolute Gasteiger partial charge is 0.254 e. The molecule has 6 heteroatoms. The highest BCUT2D eigenvalue weighted by Gasteiger charge is 2.26. The standard InChI is InChI=1S/C15H22N4O2/c1-10(2)18-13-9-12(3-6-17-13)15(21)19-7-4-11(5-8-19)14(16)20/h3,6,9-11H,4-5,7-8H2,1-2H3,(H2,16,20)(H,17,18). The van der Waals surface area contributed by atoms with Gasteiger partial charge in [-0.05, 0) is 38.8 Å². The minimum atomic E-state index is -0.269. The molecule has 0 spiro atoms. The Morgan fingerprint density at radius 1 is 1.38 bits per heavy atom. The van der Waals surface area contributed by atoms with Crippen molar-refractivity contribution >= 4 is 17.6 Å². The summed E-state index contributed by atoms with van der Waals surface area (Å²) in [6, 6.07) is 3.74. The number of carbonyl (C=O) groups excluding carboxylic acids is 2. The molecule has 3 N–H and O–H groups in total. The maximum Gasteiger partial charge on any atom is 0.254 e. The van der Waals surface area contributed by atoms with E-state index in [0.29, 0.717) is 37.3 Å². The Morgan fingerprint density at radius 3 is 2.62 bits per heavy atom. The number of hydrogen-bond donors (Lipinski definition) is 2. The van der Waals surface area contributed by atoms with E-state index >= 15 is 0 Å². The van der Waals surface area contributed by atoms with E-state index in [4.69, 9.17) is 5.73 Å². The Hall–Kier alpha value is -2.11. The number of piperidine rings is 1. The van der Waals surface area contributed by atoms with Crippen molar-refractivity contribution in [3.63, 3.8) is 0 Å². The molecule has 2 heterocycles. The van der Waals surface area contributed by atoms with Crippen LogP contribution < -0.4 is 11.1 Å². The van der Waals surface area contributed by atoms with Crippen LogP contribution in [-0.4, -0.2) is 40.8 Å². The van der Waals surface area contributed by atoms with Crippen molar-refractivity contribution in [3.05, 3.63) is 23.9 Å². The van der Waals surface area contributed by atoms with E-state index in [2.05, 4.69) is 10.3 Å². The van der Waals surface area contributed by atoms with Crippen molar-refractivity contribution in [2.45, 2.75) is 32.7 Å². The molecule has 0 radical (unpaired) electrons. The van der Waals surface area contributed by atoms with Crippen molar-refractivity contribution in [1.29, 1.82) is 0 Å². The Kier molecular flexibility index (Phi) is 4.77. The fourth-order valence-corrected chi connectivity index (χ4v) is 2.49. The molecule has 1 aromatic heterocycles. The van der Waals surface area contributed by atoms with Crippen LogP contribution in [0.5, 0.6) is 0 Å². The molecule has 0 bridgehead atoms. The highest BCUT2D eigenvalue weighted by Crippen LogP contribution is 2.19. The molecule has 2 rings (SSSR count). The molecule has 1 aliphatic heterocycles. The number of nitrogens with one attached hydrogen (secondary N) is 1. The average molecular weight is 290 g/mol. The van der Waals surface area contributed by atoms with E-state index in [9.17, 15) is 9.59 Å². The highest BCUT2D eigenvalue weighted by atomic mass is 16.2. The molecule has 0 aromatic carbocycles. The van der Waals surface area contributed by atoms with Crippen LogP contribution in [-0.2, 0) is 4.79 Å². The van der Waals surface area contributed by atoms with Gasteiger partial charge in [0.2, 0.25) is 5.91 Å². The van der Waals surface area contributed by atoms with Crippen LogP contribution in [0, 0.1) is 5.92 Å². The van der Waals surface area contributed by atoms with Gasteiger partial charge in [0.25, 0.3) is 5.91 Å². The number of aromatic nitrogens is 1. The first-order valence-corrected chi connectivity index (χ1v) is 7.28. The van der Waals surface area contributed by atoms with Gasteiger partial charge in [-0.3, -0.25) is 9.59 Å². The number of anilines is 1. The molecule has 1 aliphatic rings. The zero-order valence-electron chi connectivity index (χ0n) is 12.5. The lowest BCUT2D eigenvalue weighted by molar-refractivity contribution is -0.123. The van der Waals surface area contributed by atoms with E-state index in [0.717, 1.165) is 0 Å². The molecule has 0 unspecified atom stereocenters. The molecule has 6 nitrogen and oxygen atoms in total. The van der Waals surface area contributed by atoms with Gasteiger partial charge in [-0.1, -0.05) is 0 Å². The van der Waals surface area contributed by atoms with Gasteiger partial charge in [0.1, 0.15) is 5.82 Å². The van der Waals surface area contributed by atoms with Crippen LogP contribution in [0.1, 0.15) is 37.0 Å². The maximum atomic E-state index is 12.5. The van der Waals surface area contributed by atoms with Crippen LogP contribution in [0.25, 0.3) is 0 Å². The number of rotatable bonds is 4. The summed E-state index contributed by atoms with van der Waals surface area (Å²) in [4.78, 5) is 29.6. The number of nitrogens with zero attached hydrogens (tertiary/aromatic N) is 2. The third-order valence-corrected chi connectivity index (χ3v) is 3.63. The largest absolute Gasteiger partial charge is 0.369 e. The zero-order valence-corrected chi connectivity index (χ0v) is 12.5. The number of nitrogens with two attached hydrogens (primary N) is 1. The van der Waals surface area contributed by atoms with E-state index in [1.165, 1.54) is 0 Å². The Balaban J connectivity index is 2.02. The Labute approximate surface area is 124 Å². The lowest BCUT2D eigenvalue weighted by Crippen LogP contribution is -2.41. The molecular weight excluding hydrogens is 268 g/mol. The monoisotopic (exact) mass is 290 g/mol. The Bertz CT molecular complexity index is 522. The summed E-state index contributed by atoms with van der Waals surface area (Å²) in [6.45, 7) is 5.18.